The molecule has 3 nitrogen and oxygen atoms in total. The summed E-state index contributed by atoms with van der Waals surface area (Å²) >= 11 is 0. The Morgan fingerprint density at radius 2 is 1.70 bits per heavy atom. The van der Waals surface area contributed by atoms with Gasteiger partial charge < -0.3 is 4.57 Å². The van der Waals surface area contributed by atoms with E-state index < -0.39 is 0 Å². The van der Waals surface area contributed by atoms with E-state index in [1.165, 1.54) is 49.0 Å². The van der Waals surface area contributed by atoms with Gasteiger partial charge in [0.25, 0.3) is 0 Å². The minimum Gasteiger partial charge on any atom is -0.310 e. The van der Waals surface area contributed by atoms with Gasteiger partial charge in [0.05, 0.1) is 17.7 Å². The molecule has 0 aliphatic carbocycles. The van der Waals surface area contributed by atoms with Crippen LogP contribution in [0, 0.1) is 6.92 Å². The Balaban J connectivity index is 1.84. The second-order valence-electron chi connectivity index (χ2n) is 6.49. The lowest BCUT2D eigenvalue weighted by Gasteiger charge is -2.28. The molecule has 23 heavy (non-hydrogen) atoms. The lowest BCUT2D eigenvalue weighted by molar-refractivity contribution is 0.185. The zero-order valence-corrected chi connectivity index (χ0v) is 13.7. The number of hydrogen-bond acceptors (Lipinski definition) is 2. The molecule has 118 valence electrons. The molecule has 0 N–H and O–H groups in total. The second kappa shape index (κ2) is 6.17. The van der Waals surface area contributed by atoms with E-state index in [9.17, 15) is 0 Å². The standard InChI is InChI=1S/C20H23N3/c1-16-9-8-12-18-19(16)23(15-22-13-6-3-7-14-22)20(21-18)17-10-4-2-5-11-17/h2,4-5,8-12H,3,6-7,13-15H2,1H3. The van der Waals surface area contributed by atoms with Gasteiger partial charge in [0.2, 0.25) is 0 Å². The van der Waals surface area contributed by atoms with E-state index in [1.54, 1.807) is 0 Å². The van der Waals surface area contributed by atoms with Crippen molar-refractivity contribution in [3.8, 4) is 11.4 Å². The molecule has 3 aromatic rings. The first kappa shape index (κ1) is 14.5. The third-order valence-corrected chi connectivity index (χ3v) is 4.79. The molecule has 1 fully saturated rings. The summed E-state index contributed by atoms with van der Waals surface area (Å²) in [5, 5.41) is 0. The third kappa shape index (κ3) is 2.77. The van der Waals surface area contributed by atoms with Crippen molar-refractivity contribution < 1.29 is 0 Å². The Kier molecular flexibility index (Phi) is 3.88. The number of para-hydroxylation sites is 1. The van der Waals surface area contributed by atoms with Gasteiger partial charge in [0.1, 0.15) is 5.82 Å². The lowest BCUT2D eigenvalue weighted by Crippen LogP contribution is -2.32. The molecule has 0 saturated carbocycles. The number of nitrogens with zero attached hydrogens (tertiary/aromatic N) is 3. The fourth-order valence-corrected chi connectivity index (χ4v) is 3.61. The normalized spacial score (nSPS) is 16.0. The van der Waals surface area contributed by atoms with E-state index in [4.69, 9.17) is 4.98 Å². The largest absolute Gasteiger partial charge is 0.310 e. The van der Waals surface area contributed by atoms with Gasteiger partial charge in [0, 0.05) is 5.56 Å². The molecule has 0 radical (unpaired) electrons. The number of imidazole rings is 1. The average Bonchev–Trinajstić information content (AvgIpc) is 2.96. The van der Waals surface area contributed by atoms with E-state index in [-0.39, 0.29) is 0 Å². The molecule has 1 saturated heterocycles. The zero-order chi connectivity index (χ0) is 15.6. The molecule has 3 heteroatoms. The van der Waals surface area contributed by atoms with E-state index in [0.29, 0.717) is 0 Å². The third-order valence-electron chi connectivity index (χ3n) is 4.79. The van der Waals surface area contributed by atoms with Crippen LogP contribution in [-0.4, -0.2) is 27.5 Å². The quantitative estimate of drug-likeness (QED) is 0.712. The van der Waals surface area contributed by atoms with Crippen molar-refractivity contribution in [2.24, 2.45) is 0 Å². The predicted molar refractivity (Wildman–Crippen MR) is 95.3 cm³/mol. The van der Waals surface area contributed by atoms with Crippen LogP contribution < -0.4 is 0 Å². The molecule has 0 amide bonds. The van der Waals surface area contributed by atoms with Crippen LogP contribution in [0.4, 0.5) is 0 Å². The number of piperidine rings is 1. The van der Waals surface area contributed by atoms with Crippen LogP contribution in [0.3, 0.4) is 0 Å². The van der Waals surface area contributed by atoms with Crippen molar-refractivity contribution in [1.82, 2.24) is 14.5 Å². The minimum absolute atomic E-state index is 0.936. The summed E-state index contributed by atoms with van der Waals surface area (Å²) in [5.74, 6) is 1.08. The Morgan fingerprint density at radius 3 is 2.48 bits per heavy atom. The van der Waals surface area contributed by atoms with Crippen molar-refractivity contribution >= 4 is 11.0 Å². The molecule has 1 aromatic heterocycles. The summed E-state index contributed by atoms with van der Waals surface area (Å²) in [6.07, 6.45) is 3.99. The number of benzene rings is 2. The number of aromatic nitrogens is 2. The molecule has 2 heterocycles. The highest BCUT2D eigenvalue weighted by Crippen LogP contribution is 2.27. The maximum absolute atomic E-state index is 4.95. The van der Waals surface area contributed by atoms with Gasteiger partial charge in [-0.05, 0) is 44.5 Å². The van der Waals surface area contributed by atoms with Gasteiger partial charge in [-0.3, -0.25) is 4.90 Å². The van der Waals surface area contributed by atoms with Crippen molar-refractivity contribution in [2.45, 2.75) is 32.9 Å². The smallest absolute Gasteiger partial charge is 0.142 e. The molecule has 0 atom stereocenters. The molecule has 0 spiro atoms. The monoisotopic (exact) mass is 305 g/mol. The van der Waals surface area contributed by atoms with Gasteiger partial charge >= 0.3 is 0 Å². The van der Waals surface area contributed by atoms with E-state index in [0.717, 1.165) is 18.0 Å². The SMILES string of the molecule is Cc1cccc2nc(-c3ccccc3)n(CN3CCCCC3)c12. The van der Waals surface area contributed by atoms with Crippen LogP contribution >= 0.6 is 0 Å². The van der Waals surface area contributed by atoms with Crippen LogP contribution in [0.1, 0.15) is 24.8 Å². The summed E-state index contributed by atoms with van der Waals surface area (Å²) in [7, 11) is 0. The average molecular weight is 305 g/mol. The van der Waals surface area contributed by atoms with Crippen LogP contribution in [0.2, 0.25) is 0 Å². The van der Waals surface area contributed by atoms with Gasteiger partial charge in [-0.15, -0.1) is 0 Å². The summed E-state index contributed by atoms with van der Waals surface area (Å²) < 4.78 is 2.41. The van der Waals surface area contributed by atoms with E-state index in [1.807, 2.05) is 0 Å². The van der Waals surface area contributed by atoms with Crippen molar-refractivity contribution in [1.29, 1.82) is 0 Å². The number of hydrogen-bond donors (Lipinski definition) is 0. The number of aryl methyl sites for hydroxylation is 1. The van der Waals surface area contributed by atoms with Gasteiger partial charge in [-0.1, -0.05) is 48.9 Å². The molecular weight excluding hydrogens is 282 g/mol. The fraction of sp³-hybridized carbons (Fsp3) is 0.350. The zero-order valence-electron chi connectivity index (χ0n) is 13.7. The molecule has 1 aliphatic rings. The fourth-order valence-electron chi connectivity index (χ4n) is 3.61. The highest BCUT2D eigenvalue weighted by molar-refractivity contribution is 5.83. The van der Waals surface area contributed by atoms with E-state index in [2.05, 4.69) is 64.9 Å². The molecular formula is C20H23N3. The molecule has 0 bridgehead atoms. The van der Waals surface area contributed by atoms with E-state index >= 15 is 0 Å². The summed E-state index contributed by atoms with van der Waals surface area (Å²) in [4.78, 5) is 7.50. The first-order valence-corrected chi connectivity index (χ1v) is 8.56. The predicted octanol–water partition coefficient (Wildman–Crippen LogP) is 4.46. The van der Waals surface area contributed by atoms with Gasteiger partial charge in [-0.25, -0.2) is 4.98 Å². The van der Waals surface area contributed by atoms with Crippen molar-refractivity contribution in [3.63, 3.8) is 0 Å². The Hall–Kier alpha value is -2.13. The first-order valence-electron chi connectivity index (χ1n) is 8.56. The molecule has 1 aliphatic heterocycles. The highest BCUT2D eigenvalue weighted by atomic mass is 15.3. The summed E-state index contributed by atoms with van der Waals surface area (Å²) in [6, 6.07) is 17.0. The summed E-state index contributed by atoms with van der Waals surface area (Å²) in [5.41, 5.74) is 4.87. The second-order valence-corrected chi connectivity index (χ2v) is 6.49. The Morgan fingerprint density at radius 1 is 0.913 bits per heavy atom. The van der Waals surface area contributed by atoms with Crippen molar-refractivity contribution in [2.75, 3.05) is 13.1 Å². The van der Waals surface area contributed by atoms with Crippen LogP contribution in [0.15, 0.2) is 48.5 Å². The first-order chi connectivity index (χ1) is 11.3. The Labute approximate surface area is 137 Å². The summed E-state index contributed by atoms with van der Waals surface area (Å²) in [6.45, 7) is 5.51. The van der Waals surface area contributed by atoms with Crippen LogP contribution in [0.25, 0.3) is 22.4 Å². The maximum Gasteiger partial charge on any atom is 0.142 e. The van der Waals surface area contributed by atoms with Gasteiger partial charge in [0.15, 0.2) is 0 Å². The molecule has 4 rings (SSSR count). The van der Waals surface area contributed by atoms with Crippen LogP contribution in [0.5, 0.6) is 0 Å². The molecule has 2 aromatic carbocycles. The maximum atomic E-state index is 4.95. The molecule has 0 unspecified atom stereocenters. The van der Waals surface area contributed by atoms with Gasteiger partial charge in [-0.2, -0.15) is 0 Å². The van der Waals surface area contributed by atoms with Crippen molar-refractivity contribution in [3.05, 3.63) is 54.1 Å². The minimum atomic E-state index is 0.936. The topological polar surface area (TPSA) is 21.1 Å². The number of fused-ring (bicyclic) bond motifs is 1. The number of likely N-dealkylation sites (tertiary alicyclic amines) is 1. The highest BCUT2D eigenvalue weighted by Gasteiger charge is 2.17. The van der Waals surface area contributed by atoms with Crippen LogP contribution in [-0.2, 0) is 6.67 Å². The number of rotatable bonds is 3. The lowest BCUT2D eigenvalue weighted by atomic mass is 10.1. The Bertz CT molecular complexity index is 798.